The average molecular weight is 246 g/mol. The van der Waals surface area contributed by atoms with E-state index in [1.165, 1.54) is 0 Å². The van der Waals surface area contributed by atoms with Crippen molar-refractivity contribution in [3.05, 3.63) is 35.4 Å². The van der Waals surface area contributed by atoms with Crippen LogP contribution in [0, 0.1) is 11.3 Å². The molecule has 0 bridgehead atoms. The minimum absolute atomic E-state index is 0.115. The minimum Gasteiger partial charge on any atom is -0.383 e. The summed E-state index contributed by atoms with van der Waals surface area (Å²) in [6.07, 6.45) is 0. The number of hydrogen-bond donors (Lipinski definition) is 2. The number of nitrogens with zero attached hydrogens (tertiary/aromatic N) is 2. The Morgan fingerprint density at radius 3 is 3.06 bits per heavy atom. The molecule has 1 unspecified atom stereocenters. The molecule has 1 rings (SSSR count). The molecular formula is C13H18N4O. The Hall–Kier alpha value is -2.06. The molecule has 0 spiro atoms. The topological polar surface area (TPSA) is 83.4 Å². The number of nitrogens with two attached hydrogens (primary N) is 1. The van der Waals surface area contributed by atoms with Gasteiger partial charge in [-0.2, -0.15) is 5.26 Å². The number of rotatable bonds is 5. The Kier molecular flexibility index (Phi) is 5.68. The van der Waals surface area contributed by atoms with Crippen molar-refractivity contribution in [3.8, 4) is 6.07 Å². The molecule has 0 fully saturated rings. The molecule has 0 aliphatic rings. The molecule has 0 heterocycles. The summed E-state index contributed by atoms with van der Waals surface area (Å²) in [5, 5.41) is 11.8. The van der Waals surface area contributed by atoms with Crippen LogP contribution in [0.25, 0.3) is 0 Å². The van der Waals surface area contributed by atoms with E-state index in [9.17, 15) is 0 Å². The lowest BCUT2D eigenvalue weighted by molar-refractivity contribution is 0.179. The van der Waals surface area contributed by atoms with Crippen molar-refractivity contribution in [1.29, 1.82) is 5.26 Å². The zero-order valence-corrected chi connectivity index (χ0v) is 10.7. The van der Waals surface area contributed by atoms with Crippen LogP contribution in [0.3, 0.4) is 0 Å². The molecule has 1 aromatic carbocycles. The highest BCUT2D eigenvalue weighted by atomic mass is 16.5. The van der Waals surface area contributed by atoms with E-state index in [1.807, 2.05) is 19.1 Å². The number of methoxy groups -OCH3 is 1. The van der Waals surface area contributed by atoms with Gasteiger partial charge in [0.05, 0.1) is 24.8 Å². The number of guanidine groups is 1. The second-order valence-electron chi connectivity index (χ2n) is 4.01. The standard InChI is InChI=1S/C13H18N4O/c1-10(9-18-2)17-13(15)16-8-12-5-3-4-11(6-12)7-14/h3-6,10H,8-9H2,1-2H3,(H3,15,16,17). The van der Waals surface area contributed by atoms with E-state index in [-0.39, 0.29) is 6.04 Å². The van der Waals surface area contributed by atoms with Gasteiger partial charge in [-0.15, -0.1) is 0 Å². The molecule has 3 N–H and O–H groups in total. The average Bonchev–Trinajstić information content (AvgIpc) is 2.37. The maximum absolute atomic E-state index is 8.78. The van der Waals surface area contributed by atoms with Crippen molar-refractivity contribution in [1.82, 2.24) is 5.32 Å². The Labute approximate surface area is 107 Å². The molecule has 5 nitrogen and oxygen atoms in total. The summed E-state index contributed by atoms with van der Waals surface area (Å²) in [5.74, 6) is 0.377. The van der Waals surface area contributed by atoms with Gasteiger partial charge in [0.2, 0.25) is 0 Å². The zero-order chi connectivity index (χ0) is 13.4. The summed E-state index contributed by atoms with van der Waals surface area (Å²) < 4.78 is 4.99. The second-order valence-corrected chi connectivity index (χ2v) is 4.01. The van der Waals surface area contributed by atoms with Gasteiger partial charge < -0.3 is 15.8 Å². The maximum atomic E-state index is 8.78. The molecule has 96 valence electrons. The van der Waals surface area contributed by atoms with Crippen LogP contribution in [-0.2, 0) is 11.3 Å². The van der Waals surface area contributed by atoms with E-state index in [0.29, 0.717) is 24.7 Å². The first kappa shape index (κ1) is 14.0. The van der Waals surface area contributed by atoms with Crippen molar-refractivity contribution >= 4 is 5.96 Å². The smallest absolute Gasteiger partial charge is 0.189 e. The van der Waals surface area contributed by atoms with Gasteiger partial charge in [-0.3, -0.25) is 0 Å². The first-order valence-electron chi connectivity index (χ1n) is 5.70. The quantitative estimate of drug-likeness (QED) is 0.599. The number of nitriles is 1. The van der Waals surface area contributed by atoms with E-state index >= 15 is 0 Å². The fraction of sp³-hybridized carbons (Fsp3) is 0.385. The van der Waals surface area contributed by atoms with Gasteiger partial charge in [-0.25, -0.2) is 4.99 Å². The third-order valence-electron chi connectivity index (χ3n) is 2.30. The molecule has 18 heavy (non-hydrogen) atoms. The first-order valence-corrected chi connectivity index (χ1v) is 5.70. The van der Waals surface area contributed by atoms with E-state index in [0.717, 1.165) is 5.56 Å². The summed E-state index contributed by atoms with van der Waals surface area (Å²) in [7, 11) is 1.64. The third kappa shape index (κ3) is 4.85. The van der Waals surface area contributed by atoms with E-state index in [2.05, 4.69) is 16.4 Å². The Morgan fingerprint density at radius 1 is 1.61 bits per heavy atom. The van der Waals surface area contributed by atoms with Crippen molar-refractivity contribution in [3.63, 3.8) is 0 Å². The zero-order valence-electron chi connectivity index (χ0n) is 10.7. The molecule has 0 radical (unpaired) electrons. The second kappa shape index (κ2) is 7.30. The SMILES string of the molecule is COCC(C)NC(N)=NCc1cccc(C#N)c1. The molecule has 5 heteroatoms. The van der Waals surface area contributed by atoms with Crippen molar-refractivity contribution in [2.45, 2.75) is 19.5 Å². The number of aliphatic imine (C=N–C) groups is 1. The first-order chi connectivity index (χ1) is 8.65. The molecular weight excluding hydrogens is 228 g/mol. The van der Waals surface area contributed by atoms with Crippen LogP contribution < -0.4 is 11.1 Å². The summed E-state index contributed by atoms with van der Waals surface area (Å²) >= 11 is 0. The van der Waals surface area contributed by atoms with Gasteiger partial charge in [0.15, 0.2) is 5.96 Å². The van der Waals surface area contributed by atoms with Gasteiger partial charge in [0, 0.05) is 13.2 Å². The fourth-order valence-corrected chi connectivity index (χ4v) is 1.51. The van der Waals surface area contributed by atoms with Gasteiger partial charge in [0.25, 0.3) is 0 Å². The predicted octanol–water partition coefficient (Wildman–Crippen LogP) is 0.997. The van der Waals surface area contributed by atoms with Crippen molar-refractivity contribution in [2.24, 2.45) is 10.7 Å². The van der Waals surface area contributed by atoms with Crippen LogP contribution in [0.2, 0.25) is 0 Å². The van der Waals surface area contributed by atoms with E-state index in [4.69, 9.17) is 15.7 Å². The summed E-state index contributed by atoms with van der Waals surface area (Å²) in [6.45, 7) is 2.98. The van der Waals surface area contributed by atoms with Gasteiger partial charge >= 0.3 is 0 Å². The predicted molar refractivity (Wildman–Crippen MR) is 71.0 cm³/mol. The van der Waals surface area contributed by atoms with Crippen molar-refractivity contribution < 1.29 is 4.74 Å². The number of hydrogen-bond acceptors (Lipinski definition) is 3. The summed E-state index contributed by atoms with van der Waals surface area (Å²) in [6, 6.07) is 9.51. The summed E-state index contributed by atoms with van der Waals surface area (Å²) in [4.78, 5) is 4.21. The maximum Gasteiger partial charge on any atom is 0.189 e. The highest BCUT2D eigenvalue weighted by molar-refractivity contribution is 5.78. The molecule has 0 amide bonds. The van der Waals surface area contributed by atoms with Crippen LogP contribution in [0.1, 0.15) is 18.1 Å². The fourth-order valence-electron chi connectivity index (χ4n) is 1.51. The Morgan fingerprint density at radius 2 is 2.39 bits per heavy atom. The van der Waals surface area contributed by atoms with Gasteiger partial charge in [-0.05, 0) is 24.6 Å². The lowest BCUT2D eigenvalue weighted by Gasteiger charge is -2.13. The largest absolute Gasteiger partial charge is 0.383 e. The number of benzene rings is 1. The molecule has 1 atom stereocenters. The highest BCUT2D eigenvalue weighted by Gasteiger charge is 2.01. The van der Waals surface area contributed by atoms with Crippen LogP contribution in [0.4, 0.5) is 0 Å². The van der Waals surface area contributed by atoms with Crippen molar-refractivity contribution in [2.75, 3.05) is 13.7 Å². The van der Waals surface area contributed by atoms with Crippen LogP contribution in [0.15, 0.2) is 29.3 Å². The van der Waals surface area contributed by atoms with Crippen LogP contribution in [-0.4, -0.2) is 25.7 Å². The molecule has 1 aromatic rings. The lowest BCUT2D eigenvalue weighted by Crippen LogP contribution is -2.40. The molecule has 0 aliphatic heterocycles. The minimum atomic E-state index is 0.115. The van der Waals surface area contributed by atoms with Crippen LogP contribution >= 0.6 is 0 Å². The number of nitrogens with one attached hydrogen (secondary N) is 1. The van der Waals surface area contributed by atoms with Gasteiger partial charge in [-0.1, -0.05) is 12.1 Å². The highest BCUT2D eigenvalue weighted by Crippen LogP contribution is 2.05. The number of ether oxygens (including phenoxy) is 1. The normalized spacial score (nSPS) is 12.8. The van der Waals surface area contributed by atoms with Crippen LogP contribution in [0.5, 0.6) is 0 Å². The molecule has 0 aliphatic carbocycles. The molecule has 0 saturated carbocycles. The van der Waals surface area contributed by atoms with E-state index < -0.39 is 0 Å². The van der Waals surface area contributed by atoms with Gasteiger partial charge in [0.1, 0.15) is 0 Å². The summed E-state index contributed by atoms with van der Waals surface area (Å²) in [5.41, 5.74) is 7.33. The Bertz CT molecular complexity index is 451. The molecule has 0 saturated heterocycles. The third-order valence-corrected chi connectivity index (χ3v) is 2.30. The lowest BCUT2D eigenvalue weighted by atomic mass is 10.1. The molecule has 0 aromatic heterocycles. The monoisotopic (exact) mass is 246 g/mol. The van der Waals surface area contributed by atoms with E-state index in [1.54, 1.807) is 19.2 Å². The Balaban J connectivity index is 2.54.